The van der Waals surface area contributed by atoms with Crippen LogP contribution in [-0.2, 0) is 15.9 Å². The van der Waals surface area contributed by atoms with Crippen molar-refractivity contribution in [2.45, 2.75) is 32.7 Å². The summed E-state index contributed by atoms with van der Waals surface area (Å²) < 4.78 is 11.0. The third-order valence-corrected chi connectivity index (χ3v) is 4.46. The van der Waals surface area contributed by atoms with Crippen LogP contribution in [0.5, 0.6) is 0 Å². The van der Waals surface area contributed by atoms with Gasteiger partial charge in [0.25, 0.3) is 0 Å². The summed E-state index contributed by atoms with van der Waals surface area (Å²) in [5.74, 6) is 0. The minimum atomic E-state index is -0.0475. The van der Waals surface area contributed by atoms with E-state index in [4.69, 9.17) is 15.2 Å². The minimum Gasteiger partial charge on any atom is -0.384 e. The molecule has 2 rings (SSSR count). The average Bonchev–Trinajstić information content (AvgIpc) is 2.61. The molecule has 3 nitrogen and oxygen atoms in total. The number of methoxy groups -OCH3 is 1. The van der Waals surface area contributed by atoms with Crippen molar-refractivity contribution in [1.29, 1.82) is 0 Å². The first-order valence-electron chi connectivity index (χ1n) is 9.03. The van der Waals surface area contributed by atoms with Crippen molar-refractivity contribution < 1.29 is 9.47 Å². The van der Waals surface area contributed by atoms with E-state index in [0.29, 0.717) is 13.2 Å². The van der Waals surface area contributed by atoms with Crippen molar-refractivity contribution in [3.63, 3.8) is 0 Å². The molecule has 0 heterocycles. The summed E-state index contributed by atoms with van der Waals surface area (Å²) in [4.78, 5) is 0. The standard InChI is InChI=1S/C22H31NO2/c1-4-25-17-22(2,16-24-3)15-21(23)14-18-10-12-20(13-11-18)19-8-6-5-7-9-19/h5-13,21H,4,14-17,23H2,1-3H3/t21-,22+/m1/s1. The largest absolute Gasteiger partial charge is 0.384 e. The van der Waals surface area contributed by atoms with Gasteiger partial charge in [-0.15, -0.1) is 0 Å². The molecule has 0 amide bonds. The average molecular weight is 341 g/mol. The molecule has 2 aromatic carbocycles. The van der Waals surface area contributed by atoms with Crippen molar-refractivity contribution in [3.05, 3.63) is 60.2 Å². The predicted octanol–water partition coefficient (Wildman–Crippen LogP) is 4.30. The molecule has 0 radical (unpaired) electrons. The summed E-state index contributed by atoms with van der Waals surface area (Å²) in [6.45, 7) is 6.26. The van der Waals surface area contributed by atoms with Gasteiger partial charge in [-0.3, -0.25) is 0 Å². The number of nitrogens with two attached hydrogens (primary N) is 1. The van der Waals surface area contributed by atoms with E-state index >= 15 is 0 Å². The smallest absolute Gasteiger partial charge is 0.0542 e. The topological polar surface area (TPSA) is 44.5 Å². The molecule has 0 aliphatic carbocycles. The van der Waals surface area contributed by atoms with Gasteiger partial charge in [-0.1, -0.05) is 61.5 Å². The van der Waals surface area contributed by atoms with Gasteiger partial charge in [0.1, 0.15) is 0 Å². The molecule has 25 heavy (non-hydrogen) atoms. The van der Waals surface area contributed by atoms with Gasteiger partial charge in [0, 0.05) is 25.2 Å². The van der Waals surface area contributed by atoms with E-state index in [1.807, 2.05) is 13.0 Å². The number of benzene rings is 2. The SMILES string of the molecule is CCOC[C@](C)(COC)C[C@H](N)Cc1ccc(-c2ccccc2)cc1. The highest BCUT2D eigenvalue weighted by Gasteiger charge is 2.27. The van der Waals surface area contributed by atoms with Gasteiger partial charge in [0.15, 0.2) is 0 Å². The van der Waals surface area contributed by atoms with Crippen molar-refractivity contribution in [2.24, 2.45) is 11.1 Å². The highest BCUT2D eigenvalue weighted by Crippen LogP contribution is 2.26. The van der Waals surface area contributed by atoms with Crippen LogP contribution in [0.25, 0.3) is 11.1 Å². The van der Waals surface area contributed by atoms with Crippen LogP contribution < -0.4 is 5.73 Å². The number of ether oxygens (including phenoxy) is 2. The maximum absolute atomic E-state index is 6.43. The Morgan fingerprint density at radius 1 is 0.960 bits per heavy atom. The van der Waals surface area contributed by atoms with E-state index in [1.165, 1.54) is 16.7 Å². The Hall–Kier alpha value is -1.68. The lowest BCUT2D eigenvalue weighted by Gasteiger charge is -2.31. The molecule has 0 saturated heterocycles. The summed E-state index contributed by atoms with van der Waals surface area (Å²) >= 11 is 0. The highest BCUT2D eigenvalue weighted by molar-refractivity contribution is 5.63. The summed E-state index contributed by atoms with van der Waals surface area (Å²) in [7, 11) is 1.73. The lowest BCUT2D eigenvalue weighted by Crippen LogP contribution is -2.37. The van der Waals surface area contributed by atoms with Crippen LogP contribution in [0.15, 0.2) is 54.6 Å². The summed E-state index contributed by atoms with van der Waals surface area (Å²) in [6.07, 6.45) is 1.74. The van der Waals surface area contributed by atoms with Crippen LogP contribution in [0.2, 0.25) is 0 Å². The van der Waals surface area contributed by atoms with Crippen molar-refractivity contribution in [2.75, 3.05) is 26.9 Å². The Morgan fingerprint density at radius 2 is 1.60 bits per heavy atom. The molecule has 0 aliphatic heterocycles. The van der Waals surface area contributed by atoms with Crippen LogP contribution >= 0.6 is 0 Å². The van der Waals surface area contributed by atoms with Crippen molar-refractivity contribution in [3.8, 4) is 11.1 Å². The molecule has 2 aromatic rings. The normalized spacial score (nSPS) is 14.9. The Bertz CT molecular complexity index is 612. The van der Waals surface area contributed by atoms with Gasteiger partial charge in [-0.25, -0.2) is 0 Å². The predicted molar refractivity (Wildman–Crippen MR) is 105 cm³/mol. The van der Waals surface area contributed by atoms with Gasteiger partial charge in [-0.05, 0) is 36.5 Å². The zero-order valence-electron chi connectivity index (χ0n) is 15.7. The zero-order chi connectivity index (χ0) is 18.1. The Morgan fingerprint density at radius 3 is 2.20 bits per heavy atom. The Balaban J connectivity index is 1.96. The molecule has 2 N–H and O–H groups in total. The molecule has 3 heteroatoms. The first kappa shape index (κ1) is 19.6. The minimum absolute atomic E-state index is 0.0475. The molecule has 0 aliphatic rings. The van der Waals surface area contributed by atoms with Gasteiger partial charge >= 0.3 is 0 Å². The van der Waals surface area contributed by atoms with E-state index in [-0.39, 0.29) is 11.5 Å². The highest BCUT2D eigenvalue weighted by atomic mass is 16.5. The molecule has 0 bridgehead atoms. The molecule has 0 saturated carbocycles. The quantitative estimate of drug-likeness (QED) is 0.700. The van der Waals surface area contributed by atoms with Crippen molar-refractivity contribution >= 4 is 0 Å². The fourth-order valence-corrected chi connectivity index (χ4v) is 3.33. The molecule has 0 fully saturated rings. The van der Waals surface area contributed by atoms with E-state index in [2.05, 4.69) is 55.5 Å². The first-order valence-corrected chi connectivity index (χ1v) is 9.03. The van der Waals surface area contributed by atoms with E-state index < -0.39 is 0 Å². The number of hydrogen-bond donors (Lipinski definition) is 1. The molecule has 0 spiro atoms. The molecular formula is C22H31NO2. The second-order valence-corrected chi connectivity index (χ2v) is 7.11. The second kappa shape index (κ2) is 9.71. The fourth-order valence-electron chi connectivity index (χ4n) is 3.33. The maximum Gasteiger partial charge on any atom is 0.0542 e. The van der Waals surface area contributed by atoms with Gasteiger partial charge < -0.3 is 15.2 Å². The monoisotopic (exact) mass is 341 g/mol. The zero-order valence-corrected chi connectivity index (χ0v) is 15.7. The second-order valence-electron chi connectivity index (χ2n) is 7.11. The van der Waals surface area contributed by atoms with Crippen LogP contribution in [-0.4, -0.2) is 33.0 Å². The maximum atomic E-state index is 6.43. The third kappa shape index (κ3) is 6.28. The van der Waals surface area contributed by atoms with Crippen LogP contribution in [0.1, 0.15) is 25.8 Å². The molecule has 136 valence electrons. The van der Waals surface area contributed by atoms with E-state index in [0.717, 1.165) is 19.4 Å². The number of rotatable bonds is 10. The lowest BCUT2D eigenvalue weighted by atomic mass is 9.83. The fraction of sp³-hybridized carbons (Fsp3) is 0.455. The summed E-state index contributed by atoms with van der Waals surface area (Å²) in [6, 6.07) is 19.2. The van der Waals surface area contributed by atoms with Crippen LogP contribution in [0.4, 0.5) is 0 Å². The molecule has 0 aromatic heterocycles. The molecule has 0 unspecified atom stereocenters. The molecule has 2 atom stereocenters. The van der Waals surface area contributed by atoms with Gasteiger partial charge in [0.05, 0.1) is 13.2 Å². The molecular weight excluding hydrogens is 310 g/mol. The van der Waals surface area contributed by atoms with E-state index in [1.54, 1.807) is 7.11 Å². The lowest BCUT2D eigenvalue weighted by molar-refractivity contribution is -0.00204. The van der Waals surface area contributed by atoms with Gasteiger partial charge in [-0.2, -0.15) is 0 Å². The summed E-state index contributed by atoms with van der Waals surface area (Å²) in [5.41, 5.74) is 10.1. The van der Waals surface area contributed by atoms with E-state index in [9.17, 15) is 0 Å². The van der Waals surface area contributed by atoms with Crippen LogP contribution in [0.3, 0.4) is 0 Å². The first-order chi connectivity index (χ1) is 12.1. The van der Waals surface area contributed by atoms with Gasteiger partial charge in [0.2, 0.25) is 0 Å². The van der Waals surface area contributed by atoms with Crippen molar-refractivity contribution in [1.82, 2.24) is 0 Å². The Kier molecular flexibility index (Phi) is 7.63. The third-order valence-electron chi connectivity index (χ3n) is 4.46. The Labute approximate surface area is 152 Å². The van der Waals surface area contributed by atoms with Crippen LogP contribution in [0, 0.1) is 5.41 Å². The summed E-state index contributed by atoms with van der Waals surface area (Å²) in [5, 5.41) is 0. The number of hydrogen-bond acceptors (Lipinski definition) is 3.